The van der Waals surface area contributed by atoms with E-state index < -0.39 is 0 Å². The third kappa shape index (κ3) is 1.95. The number of rotatable bonds is 2. The van der Waals surface area contributed by atoms with E-state index >= 15 is 0 Å². The Kier molecular flexibility index (Phi) is 2.99. The average molecular weight is 265 g/mol. The van der Waals surface area contributed by atoms with Crippen LogP contribution in [0.1, 0.15) is 5.56 Å². The van der Waals surface area contributed by atoms with Gasteiger partial charge in [-0.05, 0) is 36.8 Å². The molecule has 0 saturated carbocycles. The van der Waals surface area contributed by atoms with Gasteiger partial charge in [0.15, 0.2) is 5.82 Å². The molecule has 2 aromatic carbocycles. The van der Waals surface area contributed by atoms with E-state index in [1.54, 1.807) is 7.11 Å². The first-order chi connectivity index (χ1) is 9.70. The van der Waals surface area contributed by atoms with Crippen LogP contribution in [0, 0.1) is 6.92 Å². The van der Waals surface area contributed by atoms with Crippen molar-refractivity contribution < 1.29 is 4.74 Å². The summed E-state index contributed by atoms with van der Waals surface area (Å²) in [4.78, 5) is 0. The summed E-state index contributed by atoms with van der Waals surface area (Å²) in [7, 11) is 1.65. The zero-order chi connectivity index (χ0) is 14.1. The second-order valence-corrected chi connectivity index (χ2v) is 4.66. The summed E-state index contributed by atoms with van der Waals surface area (Å²) in [6, 6.07) is 13.8. The Morgan fingerprint density at radius 2 is 1.75 bits per heavy atom. The molecule has 4 heteroatoms. The van der Waals surface area contributed by atoms with Gasteiger partial charge in [0.25, 0.3) is 0 Å². The highest BCUT2D eigenvalue weighted by atomic mass is 16.5. The van der Waals surface area contributed by atoms with Gasteiger partial charge >= 0.3 is 0 Å². The van der Waals surface area contributed by atoms with Crippen LogP contribution in [0.4, 0.5) is 5.82 Å². The first kappa shape index (κ1) is 12.4. The Morgan fingerprint density at radius 3 is 2.45 bits per heavy atom. The number of ether oxygens (including phenoxy) is 1. The van der Waals surface area contributed by atoms with E-state index in [1.165, 1.54) is 0 Å². The van der Waals surface area contributed by atoms with E-state index in [1.807, 2.05) is 49.4 Å². The van der Waals surface area contributed by atoms with Gasteiger partial charge in [-0.2, -0.15) is 0 Å². The van der Waals surface area contributed by atoms with E-state index in [-0.39, 0.29) is 0 Å². The molecule has 4 nitrogen and oxygen atoms in total. The lowest BCUT2D eigenvalue weighted by molar-refractivity contribution is 0.415. The number of hydrogen-bond acceptors (Lipinski definition) is 4. The van der Waals surface area contributed by atoms with E-state index in [0.717, 1.165) is 33.3 Å². The zero-order valence-corrected chi connectivity index (χ0v) is 11.4. The molecule has 20 heavy (non-hydrogen) atoms. The van der Waals surface area contributed by atoms with Gasteiger partial charge in [-0.25, -0.2) is 0 Å². The van der Waals surface area contributed by atoms with Crippen molar-refractivity contribution >= 4 is 16.6 Å². The summed E-state index contributed by atoms with van der Waals surface area (Å²) in [6.45, 7) is 2.03. The van der Waals surface area contributed by atoms with Gasteiger partial charge in [-0.1, -0.05) is 18.2 Å². The average Bonchev–Trinajstić information content (AvgIpc) is 2.48. The van der Waals surface area contributed by atoms with Crippen molar-refractivity contribution in [2.45, 2.75) is 6.92 Å². The van der Waals surface area contributed by atoms with Crippen LogP contribution >= 0.6 is 0 Å². The maximum Gasteiger partial charge on any atom is 0.154 e. The second kappa shape index (κ2) is 4.81. The molecule has 0 radical (unpaired) electrons. The van der Waals surface area contributed by atoms with Gasteiger partial charge in [0, 0.05) is 16.3 Å². The number of nitrogens with two attached hydrogens (primary N) is 1. The lowest BCUT2D eigenvalue weighted by Crippen LogP contribution is -1.99. The topological polar surface area (TPSA) is 61.0 Å². The summed E-state index contributed by atoms with van der Waals surface area (Å²) in [6.07, 6.45) is 0. The van der Waals surface area contributed by atoms with E-state index in [0.29, 0.717) is 5.82 Å². The third-order valence-corrected chi connectivity index (χ3v) is 3.41. The monoisotopic (exact) mass is 265 g/mol. The molecule has 0 unspecified atom stereocenters. The van der Waals surface area contributed by atoms with E-state index in [4.69, 9.17) is 10.5 Å². The molecule has 0 atom stereocenters. The fourth-order valence-electron chi connectivity index (χ4n) is 2.37. The SMILES string of the molecule is COc1ccc(-c2nnc(N)c3c(C)cccc23)cc1. The molecule has 100 valence electrons. The van der Waals surface area contributed by atoms with Gasteiger partial charge in [0.1, 0.15) is 11.4 Å². The summed E-state index contributed by atoms with van der Waals surface area (Å²) in [5, 5.41) is 10.3. The Bertz CT molecular complexity index is 758. The molecule has 0 bridgehead atoms. The fourth-order valence-corrected chi connectivity index (χ4v) is 2.37. The molecule has 0 aliphatic heterocycles. The largest absolute Gasteiger partial charge is 0.497 e. The van der Waals surface area contributed by atoms with Crippen molar-refractivity contribution in [3.8, 4) is 17.0 Å². The van der Waals surface area contributed by atoms with Gasteiger partial charge < -0.3 is 10.5 Å². The van der Waals surface area contributed by atoms with Crippen molar-refractivity contribution in [2.75, 3.05) is 12.8 Å². The molecule has 0 saturated heterocycles. The predicted molar refractivity (Wildman–Crippen MR) is 80.7 cm³/mol. The molecular weight excluding hydrogens is 250 g/mol. The maximum absolute atomic E-state index is 5.96. The summed E-state index contributed by atoms with van der Waals surface area (Å²) in [5.41, 5.74) is 8.89. The van der Waals surface area contributed by atoms with Crippen LogP contribution in [-0.2, 0) is 0 Å². The first-order valence-corrected chi connectivity index (χ1v) is 6.36. The minimum atomic E-state index is 0.468. The van der Waals surface area contributed by atoms with Crippen molar-refractivity contribution in [3.63, 3.8) is 0 Å². The smallest absolute Gasteiger partial charge is 0.154 e. The fraction of sp³-hybridized carbons (Fsp3) is 0.125. The molecule has 0 amide bonds. The lowest BCUT2D eigenvalue weighted by atomic mass is 10.0. The van der Waals surface area contributed by atoms with Gasteiger partial charge in [-0.15, -0.1) is 10.2 Å². The summed E-state index contributed by atoms with van der Waals surface area (Å²) < 4.78 is 5.17. The highest BCUT2D eigenvalue weighted by molar-refractivity contribution is 6.01. The van der Waals surface area contributed by atoms with Crippen molar-refractivity contribution in [3.05, 3.63) is 48.0 Å². The molecule has 0 aliphatic rings. The molecule has 1 heterocycles. The molecular formula is C16H15N3O. The van der Waals surface area contributed by atoms with Crippen molar-refractivity contribution in [1.29, 1.82) is 0 Å². The van der Waals surface area contributed by atoms with Crippen molar-refractivity contribution in [1.82, 2.24) is 10.2 Å². The van der Waals surface area contributed by atoms with Crippen LogP contribution in [-0.4, -0.2) is 17.3 Å². The number of nitrogen functional groups attached to an aromatic ring is 1. The summed E-state index contributed by atoms with van der Waals surface area (Å²) in [5.74, 6) is 1.29. The van der Waals surface area contributed by atoms with Crippen LogP contribution in [0.3, 0.4) is 0 Å². The molecule has 0 fully saturated rings. The third-order valence-electron chi connectivity index (χ3n) is 3.41. The number of anilines is 1. The number of nitrogens with zero attached hydrogens (tertiary/aromatic N) is 2. The number of aryl methyl sites for hydroxylation is 1. The highest BCUT2D eigenvalue weighted by Crippen LogP contribution is 2.31. The van der Waals surface area contributed by atoms with Gasteiger partial charge in [0.05, 0.1) is 7.11 Å². The number of hydrogen-bond donors (Lipinski definition) is 1. The molecule has 1 aromatic heterocycles. The number of benzene rings is 2. The molecule has 3 aromatic rings. The molecule has 3 rings (SSSR count). The summed E-state index contributed by atoms with van der Waals surface area (Å²) >= 11 is 0. The van der Waals surface area contributed by atoms with Crippen LogP contribution in [0.15, 0.2) is 42.5 Å². The Hall–Kier alpha value is -2.62. The van der Waals surface area contributed by atoms with Crippen LogP contribution in [0.2, 0.25) is 0 Å². The van der Waals surface area contributed by atoms with Gasteiger partial charge in [0.2, 0.25) is 0 Å². The molecule has 0 aliphatic carbocycles. The Morgan fingerprint density at radius 1 is 1.00 bits per heavy atom. The van der Waals surface area contributed by atoms with E-state index in [9.17, 15) is 0 Å². The Labute approximate surface area is 117 Å². The highest BCUT2D eigenvalue weighted by Gasteiger charge is 2.10. The number of fused-ring (bicyclic) bond motifs is 1. The Balaban J connectivity index is 2.26. The predicted octanol–water partition coefficient (Wildman–Crippen LogP) is 3.20. The first-order valence-electron chi connectivity index (χ1n) is 6.36. The zero-order valence-electron chi connectivity index (χ0n) is 11.4. The normalized spacial score (nSPS) is 10.7. The standard InChI is InChI=1S/C16H15N3O/c1-10-4-3-5-13-14(10)16(17)19-18-15(13)11-6-8-12(20-2)9-7-11/h3-9H,1-2H3,(H2,17,19). The quantitative estimate of drug-likeness (QED) is 0.773. The van der Waals surface area contributed by atoms with Gasteiger partial charge in [-0.3, -0.25) is 0 Å². The van der Waals surface area contributed by atoms with Crippen molar-refractivity contribution in [2.24, 2.45) is 0 Å². The molecule has 2 N–H and O–H groups in total. The number of methoxy groups -OCH3 is 1. The van der Waals surface area contributed by atoms with Crippen LogP contribution in [0.25, 0.3) is 22.0 Å². The lowest BCUT2D eigenvalue weighted by Gasteiger charge is -2.09. The second-order valence-electron chi connectivity index (χ2n) is 4.66. The minimum Gasteiger partial charge on any atom is -0.497 e. The van der Waals surface area contributed by atoms with Crippen LogP contribution < -0.4 is 10.5 Å². The van der Waals surface area contributed by atoms with E-state index in [2.05, 4.69) is 10.2 Å². The minimum absolute atomic E-state index is 0.468. The maximum atomic E-state index is 5.96. The molecule has 0 spiro atoms. The number of aromatic nitrogens is 2. The van der Waals surface area contributed by atoms with Crippen LogP contribution in [0.5, 0.6) is 5.75 Å².